The van der Waals surface area contributed by atoms with Crippen LogP contribution in [0.25, 0.3) is 0 Å². The number of phosphoric ester groups is 1. The molecule has 2 aromatic rings. The van der Waals surface area contributed by atoms with Crippen molar-refractivity contribution in [3.63, 3.8) is 0 Å². The number of para-hydroxylation sites is 2. The summed E-state index contributed by atoms with van der Waals surface area (Å²) in [4.78, 5) is 10.7. The van der Waals surface area contributed by atoms with Crippen LogP contribution in [0.4, 0.5) is 0 Å². The predicted molar refractivity (Wildman–Crippen MR) is 138 cm³/mol. The zero-order chi connectivity index (χ0) is 24.1. The summed E-state index contributed by atoms with van der Waals surface area (Å²) >= 11 is 0. The van der Waals surface area contributed by atoms with Crippen molar-refractivity contribution < 1.29 is 18.5 Å². The summed E-state index contributed by atoms with van der Waals surface area (Å²) in [5.74, 6) is 1.48. The van der Waals surface area contributed by atoms with Crippen LogP contribution in [0.15, 0.2) is 48.5 Å². The van der Waals surface area contributed by atoms with Gasteiger partial charge in [0.2, 0.25) is 0 Å². The van der Waals surface area contributed by atoms with Crippen LogP contribution in [0, 0.1) is 0 Å². The van der Waals surface area contributed by atoms with E-state index in [9.17, 15) is 9.46 Å². The quantitative estimate of drug-likeness (QED) is 0.194. The minimum atomic E-state index is -4.35. The first kappa shape index (κ1) is 27.5. The number of phosphoric acid groups is 1. The lowest BCUT2D eigenvalue weighted by atomic mass is 9.90. The van der Waals surface area contributed by atoms with Crippen molar-refractivity contribution in [1.29, 1.82) is 0 Å². The second kappa shape index (κ2) is 14.5. The maximum absolute atomic E-state index is 13.1. The van der Waals surface area contributed by atoms with E-state index in [0.29, 0.717) is 23.3 Å². The summed E-state index contributed by atoms with van der Waals surface area (Å²) in [5.41, 5.74) is 1.96. The smallest absolute Gasteiger partial charge is 0.395 e. The first-order chi connectivity index (χ1) is 16.0. The van der Waals surface area contributed by atoms with E-state index in [0.717, 1.165) is 49.7 Å². The van der Waals surface area contributed by atoms with Crippen molar-refractivity contribution >= 4 is 7.82 Å². The van der Waals surface area contributed by atoms with Gasteiger partial charge in [0.25, 0.3) is 0 Å². The summed E-state index contributed by atoms with van der Waals surface area (Å²) in [7, 11) is -4.35. The topological polar surface area (TPSA) is 55.8 Å². The van der Waals surface area contributed by atoms with E-state index in [2.05, 4.69) is 27.7 Å². The van der Waals surface area contributed by atoms with Gasteiger partial charge in [-0.15, -0.1) is 0 Å². The zero-order valence-electron chi connectivity index (χ0n) is 21.0. The molecular formula is C28H43O4P. The molecule has 1 N–H and O–H groups in total. The van der Waals surface area contributed by atoms with Gasteiger partial charge in [-0.3, -0.25) is 4.89 Å². The fraction of sp³-hybridized carbons (Fsp3) is 0.571. The number of rotatable bonds is 16. The molecule has 2 unspecified atom stereocenters. The Bertz CT molecular complexity index is 799. The molecule has 0 saturated heterocycles. The number of hydrogen-bond donors (Lipinski definition) is 1. The Morgan fingerprint density at radius 3 is 1.45 bits per heavy atom. The molecule has 0 saturated carbocycles. The molecule has 0 aromatic heterocycles. The molecule has 2 atom stereocenters. The molecule has 2 aromatic carbocycles. The Balaban J connectivity index is 2.21. The van der Waals surface area contributed by atoms with Crippen LogP contribution >= 0.6 is 7.82 Å². The molecule has 0 amide bonds. The highest BCUT2D eigenvalue weighted by molar-refractivity contribution is 7.48. The van der Waals surface area contributed by atoms with Crippen molar-refractivity contribution in [2.75, 3.05) is 0 Å². The molecular weight excluding hydrogens is 431 g/mol. The van der Waals surface area contributed by atoms with Gasteiger partial charge in [0.1, 0.15) is 11.5 Å². The van der Waals surface area contributed by atoms with Crippen LogP contribution in [0.1, 0.15) is 115 Å². The summed E-state index contributed by atoms with van der Waals surface area (Å²) in [5, 5.41) is 0. The second-order valence-electron chi connectivity index (χ2n) is 8.93. The van der Waals surface area contributed by atoms with Crippen LogP contribution < -0.4 is 9.05 Å². The van der Waals surface area contributed by atoms with Crippen molar-refractivity contribution in [2.45, 2.75) is 104 Å². The standard InChI is InChI=1S/C28H43O4P/c1-5-9-11-17-23(7-3)25-19-13-15-21-27(25)31-33(29,30)32-28-22-16-14-20-26(28)24(8-4)18-12-10-6-2/h13-16,19-24H,5-12,17-18H2,1-4H3,(H,29,30). The van der Waals surface area contributed by atoms with E-state index < -0.39 is 7.82 Å². The molecule has 0 heterocycles. The van der Waals surface area contributed by atoms with Crippen LogP contribution in [-0.2, 0) is 4.57 Å². The first-order valence-corrected chi connectivity index (χ1v) is 14.3. The summed E-state index contributed by atoms with van der Waals surface area (Å²) in [6, 6.07) is 15.2. The first-order valence-electron chi connectivity index (χ1n) is 12.8. The van der Waals surface area contributed by atoms with Gasteiger partial charge in [-0.25, -0.2) is 4.57 Å². The van der Waals surface area contributed by atoms with Gasteiger partial charge in [0.05, 0.1) is 0 Å². The van der Waals surface area contributed by atoms with Gasteiger partial charge < -0.3 is 9.05 Å². The Kier molecular flexibility index (Phi) is 12.1. The normalized spacial score (nSPS) is 14.9. The molecule has 0 radical (unpaired) electrons. The molecule has 33 heavy (non-hydrogen) atoms. The minimum absolute atomic E-state index is 0.295. The number of hydrogen-bond acceptors (Lipinski definition) is 3. The lowest BCUT2D eigenvalue weighted by Gasteiger charge is -2.23. The highest BCUT2D eigenvalue weighted by Gasteiger charge is 2.29. The number of unbranched alkanes of at least 4 members (excludes halogenated alkanes) is 4. The molecule has 0 aliphatic rings. The van der Waals surface area contributed by atoms with E-state index in [1.165, 1.54) is 25.7 Å². The van der Waals surface area contributed by atoms with Gasteiger partial charge >= 0.3 is 7.82 Å². The van der Waals surface area contributed by atoms with Crippen molar-refractivity contribution in [3.8, 4) is 11.5 Å². The SMILES string of the molecule is CCCCCC(CC)c1ccccc1OP(=O)(O)Oc1ccccc1C(CC)CCCCC. The Labute approximate surface area is 201 Å². The fourth-order valence-corrected chi connectivity index (χ4v) is 5.38. The molecule has 0 aliphatic carbocycles. The summed E-state index contributed by atoms with van der Waals surface area (Å²) < 4.78 is 24.5. The maximum atomic E-state index is 13.1. The Hall–Kier alpha value is -1.77. The van der Waals surface area contributed by atoms with Crippen molar-refractivity contribution in [1.82, 2.24) is 0 Å². The highest BCUT2D eigenvalue weighted by Crippen LogP contribution is 2.49. The molecule has 2 rings (SSSR count). The third-order valence-corrected chi connectivity index (χ3v) is 7.30. The average Bonchev–Trinajstić information content (AvgIpc) is 2.80. The molecule has 184 valence electrons. The average molecular weight is 475 g/mol. The van der Waals surface area contributed by atoms with E-state index in [4.69, 9.17) is 9.05 Å². The maximum Gasteiger partial charge on any atom is 0.584 e. The minimum Gasteiger partial charge on any atom is -0.395 e. The molecule has 0 spiro atoms. The largest absolute Gasteiger partial charge is 0.584 e. The van der Waals surface area contributed by atoms with Crippen LogP contribution in [-0.4, -0.2) is 4.89 Å². The monoisotopic (exact) mass is 474 g/mol. The van der Waals surface area contributed by atoms with Gasteiger partial charge in [0.15, 0.2) is 0 Å². The van der Waals surface area contributed by atoms with Crippen LogP contribution in [0.3, 0.4) is 0 Å². The fourth-order valence-electron chi connectivity index (χ4n) is 4.51. The molecule has 4 nitrogen and oxygen atoms in total. The third-order valence-electron chi connectivity index (χ3n) is 6.44. The zero-order valence-corrected chi connectivity index (χ0v) is 21.9. The van der Waals surface area contributed by atoms with E-state index >= 15 is 0 Å². The van der Waals surface area contributed by atoms with E-state index in [1.807, 2.05) is 36.4 Å². The van der Waals surface area contributed by atoms with Gasteiger partial charge in [0, 0.05) is 0 Å². The molecule has 0 fully saturated rings. The Morgan fingerprint density at radius 1 is 0.697 bits per heavy atom. The molecule has 5 heteroatoms. The molecule has 0 aliphatic heterocycles. The summed E-state index contributed by atoms with van der Waals surface area (Å²) in [6.07, 6.45) is 11.0. The second-order valence-corrected chi connectivity index (χ2v) is 10.2. The van der Waals surface area contributed by atoms with Crippen molar-refractivity contribution in [2.24, 2.45) is 0 Å². The van der Waals surface area contributed by atoms with Gasteiger partial charge in [-0.1, -0.05) is 103 Å². The van der Waals surface area contributed by atoms with Crippen LogP contribution in [0.5, 0.6) is 11.5 Å². The van der Waals surface area contributed by atoms with E-state index in [-0.39, 0.29) is 0 Å². The molecule has 0 bridgehead atoms. The predicted octanol–water partition coefficient (Wildman–Crippen LogP) is 9.39. The van der Waals surface area contributed by atoms with E-state index in [1.54, 1.807) is 12.1 Å². The Morgan fingerprint density at radius 2 is 1.09 bits per heavy atom. The lowest BCUT2D eigenvalue weighted by molar-refractivity contribution is 0.287. The van der Waals surface area contributed by atoms with Crippen LogP contribution in [0.2, 0.25) is 0 Å². The summed E-state index contributed by atoms with van der Waals surface area (Å²) in [6.45, 7) is 8.70. The van der Waals surface area contributed by atoms with Crippen molar-refractivity contribution in [3.05, 3.63) is 59.7 Å². The van der Waals surface area contributed by atoms with Gasteiger partial charge in [-0.05, 0) is 60.8 Å². The highest BCUT2D eigenvalue weighted by atomic mass is 31.2. The number of benzene rings is 2. The van der Waals surface area contributed by atoms with Gasteiger partial charge in [-0.2, -0.15) is 0 Å². The third kappa shape index (κ3) is 8.83. The lowest BCUT2D eigenvalue weighted by Crippen LogP contribution is -2.07.